The van der Waals surface area contributed by atoms with Crippen LogP contribution >= 0.6 is 11.3 Å². The zero-order valence-corrected chi connectivity index (χ0v) is 20.4. The van der Waals surface area contributed by atoms with Crippen LogP contribution in [0.5, 0.6) is 0 Å². The third-order valence-corrected chi connectivity index (χ3v) is 8.14. The van der Waals surface area contributed by atoms with E-state index in [1.807, 2.05) is 19.2 Å². The van der Waals surface area contributed by atoms with Gasteiger partial charge < -0.3 is 9.88 Å². The van der Waals surface area contributed by atoms with Crippen LogP contribution in [0.2, 0.25) is 0 Å². The van der Waals surface area contributed by atoms with Gasteiger partial charge in [0.05, 0.1) is 28.4 Å². The third-order valence-electron chi connectivity index (χ3n) is 7.03. The highest BCUT2D eigenvalue weighted by Gasteiger charge is 2.17. The molecule has 0 bridgehead atoms. The van der Waals surface area contributed by atoms with Crippen LogP contribution in [0.3, 0.4) is 0 Å². The maximum atomic E-state index is 9.32. The van der Waals surface area contributed by atoms with E-state index in [2.05, 4.69) is 107 Å². The highest BCUT2D eigenvalue weighted by Crippen LogP contribution is 2.41. The van der Waals surface area contributed by atoms with Crippen LogP contribution in [0.25, 0.3) is 58.8 Å². The Morgan fingerprint density at radius 3 is 2.33 bits per heavy atom. The first-order chi connectivity index (χ1) is 17.8. The maximum absolute atomic E-state index is 9.32. The second-order valence-electron chi connectivity index (χ2n) is 8.96. The first-order valence-electron chi connectivity index (χ1n) is 11.9. The predicted octanol–water partition coefficient (Wildman–Crippen LogP) is 8.73. The first-order valence-corrected chi connectivity index (χ1v) is 12.7. The Morgan fingerprint density at radius 2 is 1.47 bits per heavy atom. The maximum Gasteiger partial charge on any atom is 0.0992 e. The van der Waals surface area contributed by atoms with E-state index in [1.165, 1.54) is 48.4 Å². The summed E-state index contributed by atoms with van der Waals surface area (Å²) in [5.74, 6) is 0. The van der Waals surface area contributed by atoms with E-state index >= 15 is 0 Å². The largest absolute Gasteiger partial charge is 0.388 e. The summed E-state index contributed by atoms with van der Waals surface area (Å²) in [7, 11) is 1.98. The third kappa shape index (κ3) is 2.97. The smallest absolute Gasteiger partial charge is 0.0992 e. The number of nitriles is 1. The molecule has 5 aromatic carbocycles. The molecule has 170 valence electrons. The summed E-state index contributed by atoms with van der Waals surface area (Å²) in [5, 5.41) is 17.6. The fourth-order valence-electron chi connectivity index (χ4n) is 5.41. The Labute approximate surface area is 212 Å². The number of fused-ring (bicyclic) bond motifs is 6. The molecule has 0 aliphatic rings. The highest BCUT2D eigenvalue weighted by atomic mass is 32.1. The summed E-state index contributed by atoms with van der Waals surface area (Å²) >= 11 is 1.75. The van der Waals surface area contributed by atoms with Gasteiger partial charge in [-0.3, -0.25) is 0 Å². The molecule has 36 heavy (non-hydrogen) atoms. The fraction of sp³-hybridized carbons (Fsp3) is 0.0312. The van der Waals surface area contributed by atoms with Crippen molar-refractivity contribution in [3.05, 3.63) is 109 Å². The lowest BCUT2D eigenvalue weighted by atomic mass is 10.0. The van der Waals surface area contributed by atoms with Crippen molar-refractivity contribution in [3.63, 3.8) is 0 Å². The molecule has 0 radical (unpaired) electrons. The van der Waals surface area contributed by atoms with Crippen LogP contribution in [0.1, 0.15) is 5.56 Å². The molecule has 0 aliphatic carbocycles. The minimum absolute atomic E-state index is 0.701. The van der Waals surface area contributed by atoms with Crippen molar-refractivity contribution in [2.45, 2.75) is 0 Å². The van der Waals surface area contributed by atoms with Crippen LogP contribution in [0, 0.1) is 11.3 Å². The van der Waals surface area contributed by atoms with Crippen LogP contribution in [0.15, 0.2) is 103 Å². The average Bonchev–Trinajstić information content (AvgIpc) is 3.47. The normalized spacial score (nSPS) is 11.4. The molecule has 0 unspecified atom stereocenters. The van der Waals surface area contributed by atoms with E-state index in [4.69, 9.17) is 0 Å². The number of aromatic nitrogens is 1. The molecule has 0 saturated heterocycles. The molecule has 0 spiro atoms. The quantitative estimate of drug-likeness (QED) is 0.275. The van der Waals surface area contributed by atoms with Gasteiger partial charge in [0.15, 0.2) is 0 Å². The SMILES string of the molecule is CNc1cccc2c1c1ccccc1n2-c1ccccc1-c1ccc2c(c1)sc1cc(C#N)ccc12. The fourth-order valence-corrected chi connectivity index (χ4v) is 6.60. The highest BCUT2D eigenvalue weighted by molar-refractivity contribution is 7.25. The number of thiophene rings is 1. The lowest BCUT2D eigenvalue weighted by Crippen LogP contribution is -1.97. The molecule has 2 aromatic heterocycles. The number of rotatable bonds is 3. The van der Waals surface area contributed by atoms with Gasteiger partial charge in [0.2, 0.25) is 0 Å². The van der Waals surface area contributed by atoms with Crippen molar-refractivity contribution in [2.75, 3.05) is 12.4 Å². The van der Waals surface area contributed by atoms with E-state index in [1.54, 1.807) is 11.3 Å². The van der Waals surface area contributed by atoms with Crippen LogP contribution in [-0.2, 0) is 0 Å². The molecule has 7 rings (SSSR count). The van der Waals surface area contributed by atoms with E-state index < -0.39 is 0 Å². The van der Waals surface area contributed by atoms with Gasteiger partial charge in [0.1, 0.15) is 0 Å². The molecular formula is C32H21N3S. The molecular weight excluding hydrogens is 458 g/mol. The Hall–Kier alpha value is -4.59. The van der Waals surface area contributed by atoms with Gasteiger partial charge in [-0.25, -0.2) is 0 Å². The number of anilines is 1. The number of hydrogen-bond donors (Lipinski definition) is 1. The summed E-state index contributed by atoms with van der Waals surface area (Å²) in [5.41, 5.74) is 7.73. The van der Waals surface area contributed by atoms with Gasteiger partial charge in [0.25, 0.3) is 0 Å². The zero-order chi connectivity index (χ0) is 24.2. The summed E-state index contributed by atoms with van der Waals surface area (Å²) < 4.78 is 4.76. The zero-order valence-electron chi connectivity index (χ0n) is 19.6. The van der Waals surface area contributed by atoms with Crippen LogP contribution < -0.4 is 5.32 Å². The lowest BCUT2D eigenvalue weighted by Gasteiger charge is -2.14. The molecule has 7 aromatic rings. The van der Waals surface area contributed by atoms with Gasteiger partial charge in [0, 0.05) is 49.2 Å². The number of nitrogens with zero attached hydrogens (tertiary/aromatic N) is 2. The number of para-hydroxylation sites is 2. The molecule has 0 saturated carbocycles. The van der Waals surface area contributed by atoms with Gasteiger partial charge in [-0.15, -0.1) is 11.3 Å². The number of nitrogens with one attached hydrogen (secondary N) is 1. The molecule has 0 amide bonds. The van der Waals surface area contributed by atoms with Crippen molar-refractivity contribution in [1.82, 2.24) is 4.57 Å². The molecule has 0 fully saturated rings. The standard InChI is InChI=1S/C32H21N3S/c1-34-26-9-6-12-29-32(26)25-8-3-5-11-28(25)35(29)27-10-4-2-7-22(27)21-14-16-24-23-15-13-20(19-33)17-30(23)36-31(24)18-21/h2-18,34H,1H3. The Bertz CT molecular complexity index is 2000. The molecule has 3 nitrogen and oxygen atoms in total. The number of hydrogen-bond acceptors (Lipinski definition) is 3. The van der Waals surface area contributed by atoms with Crippen molar-refractivity contribution in [1.29, 1.82) is 5.26 Å². The van der Waals surface area contributed by atoms with Gasteiger partial charge in [-0.05, 0) is 48.0 Å². The van der Waals surface area contributed by atoms with Crippen molar-refractivity contribution < 1.29 is 0 Å². The minimum Gasteiger partial charge on any atom is -0.388 e. The van der Waals surface area contributed by atoms with Crippen LogP contribution in [-0.4, -0.2) is 11.6 Å². The van der Waals surface area contributed by atoms with Gasteiger partial charge >= 0.3 is 0 Å². The van der Waals surface area contributed by atoms with E-state index in [9.17, 15) is 5.26 Å². The van der Waals surface area contributed by atoms with Crippen LogP contribution in [0.4, 0.5) is 5.69 Å². The molecule has 1 N–H and O–H groups in total. The van der Waals surface area contributed by atoms with Crippen molar-refractivity contribution in [3.8, 4) is 22.9 Å². The predicted molar refractivity (Wildman–Crippen MR) is 153 cm³/mol. The summed E-state index contributed by atoms with van der Waals surface area (Å²) in [4.78, 5) is 0. The minimum atomic E-state index is 0.701. The van der Waals surface area contributed by atoms with Crippen molar-refractivity contribution >= 4 is 59.0 Å². The summed E-state index contributed by atoms with van der Waals surface area (Å²) in [6.07, 6.45) is 0. The van der Waals surface area contributed by atoms with Gasteiger partial charge in [-0.1, -0.05) is 60.7 Å². The average molecular weight is 480 g/mol. The molecule has 0 atom stereocenters. The van der Waals surface area contributed by atoms with E-state index in [-0.39, 0.29) is 0 Å². The van der Waals surface area contributed by atoms with Crippen molar-refractivity contribution in [2.24, 2.45) is 0 Å². The Kier molecular flexibility index (Phi) is 4.60. The number of benzene rings is 5. The molecule has 4 heteroatoms. The first kappa shape index (κ1) is 20.8. The second kappa shape index (κ2) is 7.98. The monoisotopic (exact) mass is 479 g/mol. The lowest BCUT2D eigenvalue weighted by molar-refractivity contribution is 1.18. The Balaban J connectivity index is 1.50. The molecule has 2 heterocycles. The van der Waals surface area contributed by atoms with E-state index in [0.29, 0.717) is 5.56 Å². The second-order valence-corrected chi connectivity index (χ2v) is 10.0. The Morgan fingerprint density at radius 1 is 0.722 bits per heavy atom. The topological polar surface area (TPSA) is 40.8 Å². The van der Waals surface area contributed by atoms with Gasteiger partial charge in [-0.2, -0.15) is 5.26 Å². The summed E-state index contributed by atoms with van der Waals surface area (Å²) in [6.45, 7) is 0. The molecule has 0 aliphatic heterocycles. The van der Waals surface area contributed by atoms with E-state index in [0.717, 1.165) is 16.1 Å². The summed E-state index contributed by atoms with van der Waals surface area (Å²) in [6, 6.07) is 38.7.